The number of benzene rings is 1. The van der Waals surface area contributed by atoms with E-state index in [-0.39, 0.29) is 19.8 Å². The lowest BCUT2D eigenvalue weighted by Gasteiger charge is -2.36. The van der Waals surface area contributed by atoms with E-state index in [0.717, 1.165) is 0 Å². The predicted molar refractivity (Wildman–Crippen MR) is 77.7 cm³/mol. The second-order valence-electron chi connectivity index (χ2n) is 5.01. The fourth-order valence-electron chi connectivity index (χ4n) is 2.21. The third kappa shape index (κ3) is 2.86. The van der Waals surface area contributed by atoms with Crippen LogP contribution in [0.5, 0.6) is 11.5 Å². The molecule has 0 spiro atoms. The van der Waals surface area contributed by atoms with Crippen LogP contribution >= 0.6 is 0 Å². The van der Waals surface area contributed by atoms with Crippen LogP contribution in [0.4, 0.5) is 0 Å². The molecule has 1 unspecified atom stereocenters. The van der Waals surface area contributed by atoms with Gasteiger partial charge in [0.2, 0.25) is 5.41 Å². The number of carbonyl (C=O) groups is 2. The number of hydrogen-bond acceptors (Lipinski definition) is 6. The zero-order chi connectivity index (χ0) is 16.2. The molecule has 0 saturated carbocycles. The smallest absolute Gasteiger partial charge is 0.327 e. The summed E-state index contributed by atoms with van der Waals surface area (Å²) in [5.41, 5.74) is -1.58. The molecule has 2 rings (SSSR count). The summed E-state index contributed by atoms with van der Waals surface area (Å²) < 4.78 is 21.5. The molecule has 6 heteroatoms. The summed E-state index contributed by atoms with van der Waals surface area (Å²) in [6.07, 6.45) is -0.819. The average molecular weight is 308 g/mol. The number of esters is 2. The van der Waals surface area contributed by atoms with Crippen LogP contribution in [0.3, 0.4) is 0 Å². The molecule has 1 atom stereocenters. The van der Waals surface area contributed by atoms with Gasteiger partial charge in [0.25, 0.3) is 0 Å². The Hall–Kier alpha value is -2.24. The van der Waals surface area contributed by atoms with Gasteiger partial charge in [0.05, 0.1) is 13.2 Å². The molecule has 0 radical (unpaired) electrons. The molecule has 22 heavy (non-hydrogen) atoms. The molecule has 0 N–H and O–H groups in total. The highest BCUT2D eigenvalue weighted by Crippen LogP contribution is 2.37. The van der Waals surface area contributed by atoms with Crippen molar-refractivity contribution in [2.45, 2.75) is 26.9 Å². The molecular weight excluding hydrogens is 288 g/mol. The summed E-state index contributed by atoms with van der Waals surface area (Å²) in [5, 5.41) is 0. The fourth-order valence-corrected chi connectivity index (χ4v) is 2.21. The Morgan fingerprint density at radius 1 is 1.14 bits per heavy atom. The van der Waals surface area contributed by atoms with E-state index in [4.69, 9.17) is 18.9 Å². The van der Waals surface area contributed by atoms with Crippen LogP contribution in [0.1, 0.15) is 20.8 Å². The molecule has 1 aliphatic heterocycles. The Balaban J connectivity index is 2.30. The van der Waals surface area contributed by atoms with Gasteiger partial charge in [-0.1, -0.05) is 12.1 Å². The zero-order valence-corrected chi connectivity index (χ0v) is 13.0. The minimum Gasteiger partial charge on any atom is -0.486 e. The van der Waals surface area contributed by atoms with Crippen molar-refractivity contribution in [1.29, 1.82) is 0 Å². The second-order valence-corrected chi connectivity index (χ2v) is 5.01. The van der Waals surface area contributed by atoms with Crippen LogP contribution in [0.25, 0.3) is 0 Å². The summed E-state index contributed by atoms with van der Waals surface area (Å²) in [6.45, 7) is 5.21. The van der Waals surface area contributed by atoms with Crippen LogP contribution < -0.4 is 9.47 Å². The molecule has 0 fully saturated rings. The van der Waals surface area contributed by atoms with Crippen LogP contribution in [-0.2, 0) is 19.1 Å². The van der Waals surface area contributed by atoms with Crippen LogP contribution in [0, 0.1) is 5.41 Å². The van der Waals surface area contributed by atoms with Gasteiger partial charge in [0, 0.05) is 0 Å². The maximum absolute atomic E-state index is 12.3. The van der Waals surface area contributed by atoms with Crippen molar-refractivity contribution < 1.29 is 28.5 Å². The van der Waals surface area contributed by atoms with Gasteiger partial charge < -0.3 is 18.9 Å². The van der Waals surface area contributed by atoms with E-state index in [1.807, 2.05) is 6.07 Å². The first kappa shape index (κ1) is 16.1. The number of carbonyl (C=O) groups excluding carboxylic acids is 2. The summed E-state index contributed by atoms with van der Waals surface area (Å²) in [6, 6.07) is 7.09. The van der Waals surface area contributed by atoms with Crippen molar-refractivity contribution in [3.8, 4) is 11.5 Å². The maximum Gasteiger partial charge on any atom is 0.327 e. The highest BCUT2D eigenvalue weighted by atomic mass is 16.6. The second kappa shape index (κ2) is 6.68. The van der Waals surface area contributed by atoms with E-state index < -0.39 is 23.5 Å². The van der Waals surface area contributed by atoms with E-state index in [9.17, 15) is 9.59 Å². The quantitative estimate of drug-likeness (QED) is 0.611. The van der Waals surface area contributed by atoms with Gasteiger partial charge in [-0.25, -0.2) is 0 Å². The molecule has 120 valence electrons. The molecule has 0 saturated heterocycles. The first-order valence-electron chi connectivity index (χ1n) is 7.26. The molecule has 1 aliphatic rings. The van der Waals surface area contributed by atoms with Crippen molar-refractivity contribution in [1.82, 2.24) is 0 Å². The number of ether oxygens (including phenoxy) is 4. The number of para-hydroxylation sites is 2. The molecule has 0 aromatic heterocycles. The normalized spacial score (nSPS) is 16.8. The number of hydrogen-bond donors (Lipinski definition) is 0. The molecule has 1 heterocycles. The van der Waals surface area contributed by atoms with Crippen molar-refractivity contribution in [3.63, 3.8) is 0 Å². The van der Waals surface area contributed by atoms with Crippen LogP contribution in [0.15, 0.2) is 24.3 Å². The number of rotatable bonds is 5. The maximum atomic E-state index is 12.3. The Bertz CT molecular complexity index is 535. The van der Waals surface area contributed by atoms with Gasteiger partial charge in [-0.2, -0.15) is 0 Å². The van der Waals surface area contributed by atoms with Gasteiger partial charge in [-0.05, 0) is 32.9 Å². The summed E-state index contributed by atoms with van der Waals surface area (Å²) >= 11 is 0. The Labute approximate surface area is 129 Å². The predicted octanol–water partition coefficient (Wildman–Crippen LogP) is 1.96. The van der Waals surface area contributed by atoms with E-state index in [1.54, 1.807) is 32.0 Å². The average Bonchev–Trinajstić information content (AvgIpc) is 2.54. The molecule has 0 bridgehead atoms. The minimum absolute atomic E-state index is 0.0607. The summed E-state index contributed by atoms with van der Waals surface area (Å²) in [4.78, 5) is 24.7. The van der Waals surface area contributed by atoms with Crippen molar-refractivity contribution >= 4 is 11.9 Å². The van der Waals surface area contributed by atoms with E-state index in [0.29, 0.717) is 11.5 Å². The lowest BCUT2D eigenvalue weighted by molar-refractivity contribution is -0.180. The lowest BCUT2D eigenvalue weighted by Crippen LogP contribution is -2.54. The molecule has 1 aromatic carbocycles. The fraction of sp³-hybridized carbons (Fsp3) is 0.500. The largest absolute Gasteiger partial charge is 0.486 e. The van der Waals surface area contributed by atoms with E-state index >= 15 is 0 Å². The first-order chi connectivity index (χ1) is 10.5. The van der Waals surface area contributed by atoms with Gasteiger partial charge in [0.1, 0.15) is 6.61 Å². The molecule has 0 amide bonds. The van der Waals surface area contributed by atoms with Gasteiger partial charge >= 0.3 is 11.9 Å². The zero-order valence-electron chi connectivity index (χ0n) is 13.0. The Morgan fingerprint density at radius 2 is 1.68 bits per heavy atom. The topological polar surface area (TPSA) is 71.1 Å². The summed E-state index contributed by atoms with van der Waals surface area (Å²) in [7, 11) is 0. The monoisotopic (exact) mass is 308 g/mol. The molecule has 1 aromatic rings. The van der Waals surface area contributed by atoms with Crippen LogP contribution in [-0.4, -0.2) is 37.9 Å². The highest BCUT2D eigenvalue weighted by molar-refractivity contribution is 6.00. The standard InChI is InChI=1S/C16H20O6/c1-4-19-14(17)16(3,15(18)20-5-2)13-10-21-11-8-6-7-9-12(11)22-13/h6-9,13H,4-5,10H2,1-3H3. The number of fused-ring (bicyclic) bond motifs is 1. The van der Waals surface area contributed by atoms with Gasteiger partial charge in [-0.3, -0.25) is 9.59 Å². The third-order valence-corrected chi connectivity index (χ3v) is 3.55. The Kier molecular flexibility index (Phi) is 4.90. The lowest BCUT2D eigenvalue weighted by atomic mass is 9.83. The molecule has 0 aliphatic carbocycles. The van der Waals surface area contributed by atoms with E-state index in [2.05, 4.69) is 0 Å². The highest BCUT2D eigenvalue weighted by Gasteiger charge is 2.54. The summed E-state index contributed by atoms with van der Waals surface area (Å²) in [5.74, 6) is -0.296. The van der Waals surface area contributed by atoms with Crippen LogP contribution in [0.2, 0.25) is 0 Å². The van der Waals surface area contributed by atoms with Gasteiger partial charge in [-0.15, -0.1) is 0 Å². The van der Waals surface area contributed by atoms with Crippen molar-refractivity contribution in [3.05, 3.63) is 24.3 Å². The Morgan fingerprint density at radius 3 is 2.23 bits per heavy atom. The van der Waals surface area contributed by atoms with Crippen molar-refractivity contribution in [2.24, 2.45) is 5.41 Å². The minimum atomic E-state index is -1.58. The third-order valence-electron chi connectivity index (χ3n) is 3.55. The van der Waals surface area contributed by atoms with E-state index in [1.165, 1.54) is 6.92 Å². The van der Waals surface area contributed by atoms with Crippen molar-refractivity contribution in [2.75, 3.05) is 19.8 Å². The molecular formula is C16H20O6. The van der Waals surface area contributed by atoms with Gasteiger partial charge in [0.15, 0.2) is 17.6 Å². The molecule has 6 nitrogen and oxygen atoms in total. The SMILES string of the molecule is CCOC(=O)C(C)(C(=O)OCC)C1COc2ccccc2O1. The first-order valence-corrected chi connectivity index (χ1v) is 7.26.